The maximum absolute atomic E-state index is 11.0. The Bertz CT molecular complexity index is 1090. The molecule has 0 radical (unpaired) electrons. The van der Waals surface area contributed by atoms with Gasteiger partial charge in [-0.05, 0) is 24.3 Å². The van der Waals surface area contributed by atoms with Crippen molar-refractivity contribution in [3.63, 3.8) is 0 Å². The first-order valence-electron chi connectivity index (χ1n) is 9.62. The Labute approximate surface area is 194 Å². The number of carbonyl (C=O) groups is 2. The fourth-order valence-electron chi connectivity index (χ4n) is 2.66. The standard InChI is InChI=1S/C21H20ClN5O6/c1-14(28)32-9-7-26(8-10-33-15(2)29)17-3-6-21(19(22)12-17)25-24-20-5-4-18(27(30)31)11-16(20)13-23/h3-6,11-12H,7-10H2,1-2H3. The number of carbonyl (C=O) groups excluding carboxylic acids is 2. The van der Waals surface area contributed by atoms with Crippen molar-refractivity contribution < 1.29 is 24.0 Å². The molecular weight excluding hydrogens is 454 g/mol. The minimum atomic E-state index is -0.605. The van der Waals surface area contributed by atoms with Gasteiger partial charge in [0.05, 0.1) is 28.6 Å². The highest BCUT2D eigenvalue weighted by molar-refractivity contribution is 6.33. The van der Waals surface area contributed by atoms with Gasteiger partial charge in [-0.1, -0.05) is 11.6 Å². The van der Waals surface area contributed by atoms with Crippen LogP contribution < -0.4 is 4.90 Å². The Morgan fingerprint density at radius 2 is 1.64 bits per heavy atom. The summed E-state index contributed by atoms with van der Waals surface area (Å²) in [5, 5.41) is 28.4. The number of ether oxygens (including phenoxy) is 2. The second-order valence-corrected chi connectivity index (χ2v) is 6.98. The number of halogens is 1. The van der Waals surface area contributed by atoms with E-state index in [4.69, 9.17) is 21.1 Å². The number of anilines is 1. The Hall–Kier alpha value is -4.04. The van der Waals surface area contributed by atoms with E-state index in [0.29, 0.717) is 24.5 Å². The smallest absolute Gasteiger partial charge is 0.302 e. The molecule has 2 rings (SSSR count). The zero-order valence-electron chi connectivity index (χ0n) is 17.9. The van der Waals surface area contributed by atoms with Crippen molar-refractivity contribution in [2.45, 2.75) is 13.8 Å². The van der Waals surface area contributed by atoms with Crippen LogP contribution in [0.3, 0.4) is 0 Å². The number of rotatable bonds is 10. The van der Waals surface area contributed by atoms with E-state index in [1.165, 1.54) is 26.0 Å². The van der Waals surface area contributed by atoms with Crippen LogP contribution in [0.4, 0.5) is 22.7 Å². The molecule has 0 heterocycles. The van der Waals surface area contributed by atoms with E-state index in [9.17, 15) is 25.0 Å². The van der Waals surface area contributed by atoms with Gasteiger partial charge in [-0.2, -0.15) is 5.26 Å². The predicted octanol–water partition coefficient (Wildman–Crippen LogP) is 4.47. The molecular formula is C21H20ClN5O6. The van der Waals surface area contributed by atoms with Crippen molar-refractivity contribution in [2.75, 3.05) is 31.2 Å². The van der Waals surface area contributed by atoms with Crippen molar-refractivity contribution >= 4 is 46.3 Å². The lowest BCUT2D eigenvalue weighted by Crippen LogP contribution is -2.31. The number of esters is 2. The lowest BCUT2D eigenvalue weighted by Gasteiger charge is -2.24. The summed E-state index contributed by atoms with van der Waals surface area (Å²) in [6.07, 6.45) is 0. The molecule has 0 saturated heterocycles. The molecule has 33 heavy (non-hydrogen) atoms. The van der Waals surface area contributed by atoms with Crippen LogP contribution in [0.2, 0.25) is 5.02 Å². The first-order valence-corrected chi connectivity index (χ1v) is 10.0. The minimum absolute atomic E-state index is 0.00260. The van der Waals surface area contributed by atoms with E-state index in [1.54, 1.807) is 18.2 Å². The van der Waals surface area contributed by atoms with E-state index in [-0.39, 0.29) is 35.2 Å². The summed E-state index contributed by atoms with van der Waals surface area (Å²) in [6.45, 7) is 3.56. The number of nitriles is 1. The predicted molar refractivity (Wildman–Crippen MR) is 119 cm³/mol. The van der Waals surface area contributed by atoms with E-state index in [0.717, 1.165) is 6.07 Å². The van der Waals surface area contributed by atoms with Gasteiger partial charge in [0.2, 0.25) is 0 Å². The molecule has 0 aliphatic carbocycles. The monoisotopic (exact) mass is 473 g/mol. The Morgan fingerprint density at radius 3 is 2.15 bits per heavy atom. The molecule has 2 aromatic carbocycles. The summed E-state index contributed by atoms with van der Waals surface area (Å²) >= 11 is 6.34. The molecule has 0 N–H and O–H groups in total. The summed E-state index contributed by atoms with van der Waals surface area (Å²) in [4.78, 5) is 34.2. The molecule has 2 aromatic rings. The molecule has 12 heteroatoms. The van der Waals surface area contributed by atoms with Crippen molar-refractivity contribution in [1.82, 2.24) is 0 Å². The molecule has 0 unspecified atom stereocenters. The normalized spacial score (nSPS) is 10.5. The minimum Gasteiger partial charge on any atom is -0.464 e. The van der Waals surface area contributed by atoms with Gasteiger partial charge < -0.3 is 14.4 Å². The molecule has 11 nitrogen and oxygen atoms in total. The first kappa shape index (κ1) is 25.2. The summed E-state index contributed by atoms with van der Waals surface area (Å²) in [5.74, 6) is -0.821. The van der Waals surface area contributed by atoms with Gasteiger partial charge in [0.15, 0.2) is 0 Å². The van der Waals surface area contributed by atoms with Crippen LogP contribution in [0, 0.1) is 21.4 Å². The quantitative estimate of drug-likeness (QED) is 0.212. The third-order valence-electron chi connectivity index (χ3n) is 4.21. The van der Waals surface area contributed by atoms with Crippen LogP contribution in [0.5, 0.6) is 0 Å². The van der Waals surface area contributed by atoms with Crippen LogP contribution in [0.15, 0.2) is 46.6 Å². The molecule has 0 aliphatic heterocycles. The number of nitrogens with zero attached hydrogens (tertiary/aromatic N) is 5. The van der Waals surface area contributed by atoms with Crippen LogP contribution in [-0.4, -0.2) is 43.2 Å². The largest absolute Gasteiger partial charge is 0.464 e. The maximum Gasteiger partial charge on any atom is 0.302 e. The fraction of sp³-hybridized carbons (Fsp3) is 0.286. The molecule has 0 fully saturated rings. The van der Waals surface area contributed by atoms with Crippen molar-refractivity contribution in [3.8, 4) is 6.07 Å². The lowest BCUT2D eigenvalue weighted by atomic mass is 10.2. The highest BCUT2D eigenvalue weighted by Crippen LogP contribution is 2.32. The van der Waals surface area contributed by atoms with Crippen molar-refractivity contribution in [1.29, 1.82) is 5.26 Å². The van der Waals surface area contributed by atoms with Gasteiger partial charge in [-0.3, -0.25) is 19.7 Å². The number of non-ortho nitro benzene ring substituents is 1. The van der Waals surface area contributed by atoms with Crippen molar-refractivity contribution in [3.05, 3.63) is 57.1 Å². The average molecular weight is 474 g/mol. The third kappa shape index (κ3) is 7.86. The van der Waals surface area contributed by atoms with Crippen LogP contribution in [0.1, 0.15) is 19.4 Å². The van der Waals surface area contributed by atoms with Gasteiger partial charge >= 0.3 is 11.9 Å². The molecule has 0 bridgehead atoms. The number of azo groups is 1. The van der Waals surface area contributed by atoms with Gasteiger partial charge in [-0.25, -0.2) is 0 Å². The molecule has 0 aromatic heterocycles. The molecule has 0 amide bonds. The van der Waals surface area contributed by atoms with E-state index >= 15 is 0 Å². The number of nitro groups is 1. The zero-order chi connectivity index (χ0) is 24.4. The molecule has 0 spiro atoms. The fourth-order valence-corrected chi connectivity index (χ4v) is 2.88. The molecule has 0 saturated carbocycles. The Morgan fingerprint density at radius 1 is 1.06 bits per heavy atom. The molecule has 0 atom stereocenters. The van der Waals surface area contributed by atoms with Crippen LogP contribution in [-0.2, 0) is 19.1 Å². The van der Waals surface area contributed by atoms with Gasteiger partial charge in [0, 0.05) is 31.7 Å². The lowest BCUT2D eigenvalue weighted by molar-refractivity contribution is -0.384. The van der Waals surface area contributed by atoms with Crippen molar-refractivity contribution in [2.24, 2.45) is 10.2 Å². The average Bonchev–Trinajstić information content (AvgIpc) is 2.76. The molecule has 0 aliphatic rings. The summed E-state index contributed by atoms with van der Waals surface area (Å²) in [7, 11) is 0. The summed E-state index contributed by atoms with van der Waals surface area (Å²) in [5.41, 5.74) is 0.916. The number of benzene rings is 2. The number of hydrogen-bond acceptors (Lipinski definition) is 10. The third-order valence-corrected chi connectivity index (χ3v) is 4.51. The SMILES string of the molecule is CC(=O)OCCN(CCOC(C)=O)c1ccc(N=Nc2ccc([N+](=O)[O-])cc2C#N)c(Cl)c1. The summed E-state index contributed by atoms with van der Waals surface area (Å²) in [6, 6.07) is 10.5. The zero-order valence-corrected chi connectivity index (χ0v) is 18.6. The summed E-state index contributed by atoms with van der Waals surface area (Å²) < 4.78 is 9.97. The van der Waals surface area contributed by atoms with Crippen LogP contribution >= 0.6 is 11.6 Å². The second-order valence-electron chi connectivity index (χ2n) is 6.57. The highest BCUT2D eigenvalue weighted by atomic mass is 35.5. The Balaban J connectivity index is 2.21. The molecule has 172 valence electrons. The van der Waals surface area contributed by atoms with E-state index in [2.05, 4.69) is 10.2 Å². The maximum atomic E-state index is 11.0. The second kappa shape index (κ2) is 12.1. The highest BCUT2D eigenvalue weighted by Gasteiger charge is 2.13. The van der Waals surface area contributed by atoms with E-state index in [1.807, 2.05) is 11.0 Å². The van der Waals surface area contributed by atoms with Gasteiger partial charge in [0.25, 0.3) is 5.69 Å². The Kier molecular flexibility index (Phi) is 9.26. The number of nitro benzene ring substituents is 1. The first-order chi connectivity index (χ1) is 15.7. The van der Waals surface area contributed by atoms with Gasteiger partial charge in [0.1, 0.15) is 30.7 Å². The topological polar surface area (TPSA) is 147 Å². The number of hydrogen-bond donors (Lipinski definition) is 0. The van der Waals surface area contributed by atoms with E-state index < -0.39 is 16.9 Å². The van der Waals surface area contributed by atoms with Crippen LogP contribution in [0.25, 0.3) is 0 Å². The van der Waals surface area contributed by atoms with Gasteiger partial charge in [-0.15, -0.1) is 10.2 Å².